The van der Waals surface area contributed by atoms with E-state index in [9.17, 15) is 4.79 Å². The van der Waals surface area contributed by atoms with Gasteiger partial charge in [0, 0.05) is 12.5 Å². The third-order valence-electron chi connectivity index (χ3n) is 2.81. The summed E-state index contributed by atoms with van der Waals surface area (Å²) in [5.41, 5.74) is 6.47. The van der Waals surface area contributed by atoms with Crippen LogP contribution in [0.1, 0.15) is 35.9 Å². The van der Waals surface area contributed by atoms with Gasteiger partial charge in [-0.05, 0) is 19.3 Å². The maximum atomic E-state index is 12.0. The van der Waals surface area contributed by atoms with E-state index in [4.69, 9.17) is 10.5 Å². The number of ketones is 1. The Morgan fingerprint density at radius 3 is 2.82 bits per heavy atom. The lowest BCUT2D eigenvalue weighted by atomic mass is 10.2. The number of nitrogens with one attached hydrogen (secondary N) is 1. The molecule has 94 valence electrons. The molecule has 0 unspecified atom stereocenters. The smallest absolute Gasteiger partial charge is 0.178 e. The molecule has 17 heavy (non-hydrogen) atoms. The van der Waals surface area contributed by atoms with E-state index in [0.29, 0.717) is 16.3 Å². The summed E-state index contributed by atoms with van der Waals surface area (Å²) in [6.07, 6.45) is 3.01. The van der Waals surface area contributed by atoms with Crippen molar-refractivity contribution in [1.82, 2.24) is 0 Å². The molecule has 2 rings (SSSR count). The molecule has 1 saturated carbocycles. The topological polar surface area (TPSA) is 64.4 Å². The SMILES string of the molecule is CCCNc1sc(C(=O)C2CC2)c(N)c1OC. The number of carbonyl (C=O) groups excluding carboxylic acids is 1. The molecule has 1 aromatic rings. The fourth-order valence-corrected chi connectivity index (χ4v) is 2.83. The van der Waals surface area contributed by atoms with Crippen LogP contribution in [0, 0.1) is 5.92 Å². The second-order valence-corrected chi connectivity index (χ2v) is 5.29. The summed E-state index contributed by atoms with van der Waals surface area (Å²) in [5.74, 6) is 0.988. The first-order chi connectivity index (χ1) is 8.19. The number of rotatable bonds is 6. The van der Waals surface area contributed by atoms with Crippen LogP contribution < -0.4 is 15.8 Å². The van der Waals surface area contributed by atoms with E-state index in [1.165, 1.54) is 11.3 Å². The summed E-state index contributed by atoms with van der Waals surface area (Å²) in [5, 5.41) is 4.12. The Morgan fingerprint density at radius 2 is 2.29 bits per heavy atom. The second-order valence-electron chi connectivity index (χ2n) is 4.27. The third-order valence-corrected chi connectivity index (χ3v) is 3.97. The molecular formula is C12H18N2O2S. The molecule has 1 aliphatic carbocycles. The van der Waals surface area contributed by atoms with Gasteiger partial charge in [-0.1, -0.05) is 6.92 Å². The number of methoxy groups -OCH3 is 1. The molecule has 3 N–H and O–H groups in total. The molecule has 0 aliphatic heterocycles. The molecule has 1 aliphatic rings. The maximum Gasteiger partial charge on any atom is 0.178 e. The normalized spacial score (nSPS) is 14.7. The van der Waals surface area contributed by atoms with Gasteiger partial charge in [0.1, 0.15) is 5.00 Å². The van der Waals surface area contributed by atoms with E-state index in [-0.39, 0.29) is 11.7 Å². The molecule has 0 atom stereocenters. The van der Waals surface area contributed by atoms with Crippen molar-refractivity contribution in [3.8, 4) is 5.75 Å². The molecule has 0 saturated heterocycles. The zero-order chi connectivity index (χ0) is 12.4. The molecule has 0 spiro atoms. The summed E-state index contributed by atoms with van der Waals surface area (Å²) in [6.45, 7) is 2.94. The summed E-state index contributed by atoms with van der Waals surface area (Å²) in [6, 6.07) is 0. The van der Waals surface area contributed by atoms with Crippen LogP contribution in [-0.4, -0.2) is 19.4 Å². The van der Waals surface area contributed by atoms with Crippen LogP contribution in [0.5, 0.6) is 5.75 Å². The van der Waals surface area contributed by atoms with Gasteiger partial charge in [-0.2, -0.15) is 0 Å². The lowest BCUT2D eigenvalue weighted by Crippen LogP contribution is -2.02. The molecule has 0 bridgehead atoms. The number of nitrogens with two attached hydrogens (primary N) is 1. The van der Waals surface area contributed by atoms with Crippen molar-refractivity contribution < 1.29 is 9.53 Å². The van der Waals surface area contributed by atoms with Crippen LogP contribution >= 0.6 is 11.3 Å². The Bertz CT molecular complexity index is 424. The monoisotopic (exact) mass is 254 g/mol. The van der Waals surface area contributed by atoms with Crippen LogP contribution in [0.2, 0.25) is 0 Å². The zero-order valence-electron chi connectivity index (χ0n) is 10.2. The number of anilines is 2. The Balaban J connectivity index is 2.26. The third kappa shape index (κ3) is 2.39. The van der Waals surface area contributed by atoms with E-state index in [0.717, 1.165) is 30.8 Å². The lowest BCUT2D eigenvalue weighted by molar-refractivity contribution is 0.0972. The first-order valence-corrected chi connectivity index (χ1v) is 6.75. The minimum absolute atomic E-state index is 0.176. The number of thiophene rings is 1. The van der Waals surface area contributed by atoms with Crippen LogP contribution in [0.15, 0.2) is 0 Å². The molecule has 0 radical (unpaired) electrons. The molecule has 1 heterocycles. The van der Waals surface area contributed by atoms with E-state index < -0.39 is 0 Å². The number of nitrogen functional groups attached to an aromatic ring is 1. The molecule has 0 amide bonds. The second kappa shape index (κ2) is 4.96. The van der Waals surface area contributed by atoms with Crippen molar-refractivity contribution >= 4 is 27.8 Å². The van der Waals surface area contributed by atoms with Crippen molar-refractivity contribution in [2.45, 2.75) is 26.2 Å². The van der Waals surface area contributed by atoms with Gasteiger partial charge in [-0.25, -0.2) is 0 Å². The predicted octanol–water partition coefficient (Wildman–Crippen LogP) is 2.75. The zero-order valence-corrected chi connectivity index (χ0v) is 11.0. The van der Waals surface area contributed by atoms with Gasteiger partial charge < -0.3 is 15.8 Å². The molecule has 1 aromatic heterocycles. The first-order valence-electron chi connectivity index (χ1n) is 5.93. The fraction of sp³-hybridized carbons (Fsp3) is 0.583. The summed E-state index contributed by atoms with van der Waals surface area (Å²) < 4.78 is 5.27. The van der Waals surface area contributed by atoms with Crippen molar-refractivity contribution in [1.29, 1.82) is 0 Å². The van der Waals surface area contributed by atoms with Gasteiger partial charge in [0.05, 0.1) is 17.7 Å². The summed E-state index contributed by atoms with van der Waals surface area (Å²) in [4.78, 5) is 12.7. The number of ether oxygens (including phenoxy) is 1. The average Bonchev–Trinajstić information content (AvgIpc) is 3.11. The van der Waals surface area contributed by atoms with Gasteiger partial charge in [0.25, 0.3) is 0 Å². The highest BCUT2D eigenvalue weighted by Crippen LogP contribution is 2.45. The van der Waals surface area contributed by atoms with Crippen molar-refractivity contribution in [3.05, 3.63) is 4.88 Å². The predicted molar refractivity (Wildman–Crippen MR) is 71.1 cm³/mol. The van der Waals surface area contributed by atoms with Gasteiger partial charge >= 0.3 is 0 Å². The highest BCUT2D eigenvalue weighted by atomic mass is 32.1. The molecule has 4 nitrogen and oxygen atoms in total. The van der Waals surface area contributed by atoms with E-state index in [1.54, 1.807) is 7.11 Å². The number of hydrogen-bond acceptors (Lipinski definition) is 5. The number of hydrogen-bond donors (Lipinski definition) is 2. The standard InChI is InChI=1S/C12H18N2O2S/c1-3-6-14-12-10(16-2)8(13)11(17-12)9(15)7-4-5-7/h7,14H,3-6,13H2,1-2H3. The maximum absolute atomic E-state index is 12.0. The molecule has 1 fully saturated rings. The van der Waals surface area contributed by atoms with Gasteiger partial charge in [0.2, 0.25) is 0 Å². The minimum atomic E-state index is 0.176. The van der Waals surface area contributed by atoms with Crippen LogP contribution in [0.3, 0.4) is 0 Å². The molecule has 5 heteroatoms. The lowest BCUT2D eigenvalue weighted by Gasteiger charge is -2.04. The highest BCUT2D eigenvalue weighted by molar-refractivity contribution is 7.19. The number of Topliss-reactive ketones (excluding diaryl/α,β-unsaturated/α-hetero) is 1. The summed E-state index contributed by atoms with van der Waals surface area (Å²) in [7, 11) is 1.58. The average molecular weight is 254 g/mol. The Kier molecular flexibility index (Phi) is 3.57. The quantitative estimate of drug-likeness (QED) is 0.766. The largest absolute Gasteiger partial charge is 0.492 e. The van der Waals surface area contributed by atoms with E-state index >= 15 is 0 Å². The van der Waals surface area contributed by atoms with Crippen LogP contribution in [0.25, 0.3) is 0 Å². The van der Waals surface area contributed by atoms with Gasteiger partial charge in [0.15, 0.2) is 11.5 Å². The van der Waals surface area contributed by atoms with Gasteiger partial charge in [-0.3, -0.25) is 4.79 Å². The number of carbonyl (C=O) groups is 1. The first kappa shape index (κ1) is 12.2. The Labute approximate surface area is 105 Å². The molecule has 0 aromatic carbocycles. The van der Waals surface area contributed by atoms with Crippen molar-refractivity contribution in [2.75, 3.05) is 24.7 Å². The van der Waals surface area contributed by atoms with E-state index in [2.05, 4.69) is 12.2 Å². The van der Waals surface area contributed by atoms with Crippen molar-refractivity contribution in [2.24, 2.45) is 5.92 Å². The Morgan fingerprint density at radius 1 is 1.59 bits per heavy atom. The minimum Gasteiger partial charge on any atom is -0.492 e. The van der Waals surface area contributed by atoms with Crippen LogP contribution in [0.4, 0.5) is 10.7 Å². The van der Waals surface area contributed by atoms with Gasteiger partial charge in [-0.15, -0.1) is 11.3 Å². The summed E-state index contributed by atoms with van der Waals surface area (Å²) >= 11 is 1.42. The highest BCUT2D eigenvalue weighted by Gasteiger charge is 2.34. The molecular weight excluding hydrogens is 236 g/mol. The van der Waals surface area contributed by atoms with Crippen molar-refractivity contribution in [3.63, 3.8) is 0 Å². The fourth-order valence-electron chi connectivity index (χ4n) is 1.70. The van der Waals surface area contributed by atoms with Crippen LogP contribution in [-0.2, 0) is 0 Å². The Hall–Kier alpha value is -1.23. The van der Waals surface area contributed by atoms with E-state index in [1.807, 2.05) is 0 Å².